The highest BCUT2D eigenvalue weighted by Crippen LogP contribution is 2.18. The van der Waals surface area contributed by atoms with Gasteiger partial charge in [-0.2, -0.15) is 13.2 Å². The van der Waals surface area contributed by atoms with Gasteiger partial charge in [-0.05, 0) is 30.9 Å². The average Bonchev–Trinajstić information content (AvgIpc) is 2.73. The minimum Gasteiger partial charge on any atom is -0.468 e. The predicted octanol–water partition coefficient (Wildman–Crippen LogP) is 3.44. The van der Waals surface area contributed by atoms with Gasteiger partial charge in [0.2, 0.25) is 5.88 Å². The van der Waals surface area contributed by atoms with E-state index >= 15 is 0 Å². The van der Waals surface area contributed by atoms with Crippen molar-refractivity contribution in [3.63, 3.8) is 0 Å². The quantitative estimate of drug-likeness (QED) is 0.254. The van der Waals surface area contributed by atoms with Crippen LogP contribution in [0.2, 0.25) is 0 Å². The number of alkyl halides is 3. The molecule has 7 nitrogen and oxygen atoms in total. The normalized spacial score (nSPS) is 16.4. The van der Waals surface area contributed by atoms with Crippen molar-refractivity contribution in [1.82, 2.24) is 20.5 Å². The second kappa shape index (κ2) is 14.7. The number of hydrogen-bond acceptors (Lipinski definition) is 5. The van der Waals surface area contributed by atoms with Gasteiger partial charge in [0.25, 0.3) is 0 Å². The van der Waals surface area contributed by atoms with E-state index in [1.165, 1.54) is 12.3 Å². The van der Waals surface area contributed by atoms with Gasteiger partial charge in [0.05, 0.1) is 19.8 Å². The summed E-state index contributed by atoms with van der Waals surface area (Å²) >= 11 is 0. The van der Waals surface area contributed by atoms with Gasteiger partial charge < -0.3 is 20.1 Å². The van der Waals surface area contributed by atoms with Crippen LogP contribution in [0.1, 0.15) is 32.8 Å². The highest BCUT2D eigenvalue weighted by molar-refractivity contribution is 14.0. The minimum absolute atomic E-state index is 0. The van der Waals surface area contributed by atoms with Crippen LogP contribution in [0.3, 0.4) is 0 Å². The van der Waals surface area contributed by atoms with Gasteiger partial charge >= 0.3 is 6.18 Å². The highest BCUT2D eigenvalue weighted by Gasteiger charge is 2.28. The molecule has 1 aliphatic heterocycles. The van der Waals surface area contributed by atoms with E-state index in [2.05, 4.69) is 39.4 Å². The standard InChI is InChI=1S/C21H34F3N5O2.HI/c1-4-25-20(28-14-18(11-16(2)3)29-7-9-30-10-8-29)27-13-17-5-6-26-19(12-17)31-15-21(22,23)24;/h5-6,12,16,18H,4,7-11,13-15H2,1-3H3,(H2,25,27,28);1H. The van der Waals surface area contributed by atoms with Crippen molar-refractivity contribution in [1.29, 1.82) is 0 Å². The average molecular weight is 573 g/mol. The van der Waals surface area contributed by atoms with Crippen LogP contribution >= 0.6 is 24.0 Å². The molecule has 1 atom stereocenters. The number of nitrogens with one attached hydrogen (secondary N) is 2. The van der Waals surface area contributed by atoms with Crippen LogP contribution in [-0.2, 0) is 11.3 Å². The van der Waals surface area contributed by atoms with E-state index in [0.717, 1.165) is 44.8 Å². The van der Waals surface area contributed by atoms with Crippen molar-refractivity contribution in [3.8, 4) is 5.88 Å². The topological polar surface area (TPSA) is 71.0 Å². The Morgan fingerprint density at radius 1 is 1.28 bits per heavy atom. The fraction of sp³-hybridized carbons (Fsp3) is 0.714. The largest absolute Gasteiger partial charge is 0.468 e. The third kappa shape index (κ3) is 11.5. The minimum atomic E-state index is -4.40. The van der Waals surface area contributed by atoms with Gasteiger partial charge in [-0.3, -0.25) is 4.90 Å². The van der Waals surface area contributed by atoms with Gasteiger partial charge in [0.15, 0.2) is 12.6 Å². The monoisotopic (exact) mass is 573 g/mol. The molecule has 1 unspecified atom stereocenters. The Morgan fingerprint density at radius 3 is 2.62 bits per heavy atom. The molecule has 0 spiro atoms. The molecular weight excluding hydrogens is 538 g/mol. The van der Waals surface area contributed by atoms with E-state index < -0.39 is 12.8 Å². The number of morpholine rings is 1. The molecule has 1 aromatic heterocycles. The summed E-state index contributed by atoms with van der Waals surface area (Å²) in [7, 11) is 0. The number of aliphatic imine (C=N–C) groups is 1. The molecule has 0 saturated carbocycles. The molecule has 0 radical (unpaired) electrons. The molecule has 0 amide bonds. The number of hydrogen-bond donors (Lipinski definition) is 2. The number of aromatic nitrogens is 1. The lowest BCUT2D eigenvalue weighted by Crippen LogP contribution is -2.51. The Balaban J connectivity index is 0.00000512. The van der Waals surface area contributed by atoms with Crippen molar-refractivity contribution in [3.05, 3.63) is 23.9 Å². The van der Waals surface area contributed by atoms with Crippen molar-refractivity contribution in [2.45, 2.75) is 46.0 Å². The molecule has 0 aromatic carbocycles. The lowest BCUT2D eigenvalue weighted by molar-refractivity contribution is -0.154. The highest BCUT2D eigenvalue weighted by atomic mass is 127. The Kier molecular flexibility index (Phi) is 13.2. The summed E-state index contributed by atoms with van der Waals surface area (Å²) in [6, 6.07) is 3.56. The van der Waals surface area contributed by atoms with Gasteiger partial charge in [-0.15, -0.1) is 24.0 Å². The van der Waals surface area contributed by atoms with E-state index in [1.807, 2.05) is 6.92 Å². The number of ether oxygens (including phenoxy) is 2. The fourth-order valence-electron chi connectivity index (χ4n) is 3.36. The first-order valence-corrected chi connectivity index (χ1v) is 10.7. The van der Waals surface area contributed by atoms with E-state index in [4.69, 9.17) is 9.47 Å². The number of nitrogens with zero attached hydrogens (tertiary/aromatic N) is 3. The third-order valence-electron chi connectivity index (χ3n) is 4.76. The molecule has 11 heteroatoms. The number of guanidine groups is 1. The first-order chi connectivity index (χ1) is 14.8. The molecule has 1 aromatic rings. The first kappa shape index (κ1) is 28.7. The lowest BCUT2D eigenvalue weighted by atomic mass is 10.0. The molecule has 0 bridgehead atoms. The molecule has 32 heavy (non-hydrogen) atoms. The van der Waals surface area contributed by atoms with Crippen LogP contribution in [0.15, 0.2) is 23.3 Å². The van der Waals surface area contributed by atoms with Crippen LogP contribution in [0.4, 0.5) is 13.2 Å². The van der Waals surface area contributed by atoms with Gasteiger partial charge in [0, 0.05) is 44.5 Å². The molecule has 184 valence electrons. The van der Waals surface area contributed by atoms with E-state index in [-0.39, 0.29) is 29.9 Å². The van der Waals surface area contributed by atoms with Crippen LogP contribution in [0, 0.1) is 5.92 Å². The zero-order valence-electron chi connectivity index (χ0n) is 19.0. The molecular formula is C21H35F3IN5O2. The molecule has 2 heterocycles. The van der Waals surface area contributed by atoms with Crippen molar-refractivity contribution in [2.75, 3.05) is 46.0 Å². The van der Waals surface area contributed by atoms with Gasteiger partial charge in [-0.1, -0.05) is 13.8 Å². The first-order valence-electron chi connectivity index (χ1n) is 10.7. The lowest BCUT2D eigenvalue weighted by Gasteiger charge is -2.35. The van der Waals surface area contributed by atoms with Gasteiger partial charge in [-0.25, -0.2) is 9.98 Å². The van der Waals surface area contributed by atoms with E-state index in [0.29, 0.717) is 31.0 Å². The fourth-order valence-corrected chi connectivity index (χ4v) is 3.36. The second-order valence-electron chi connectivity index (χ2n) is 7.91. The Morgan fingerprint density at radius 2 is 2.00 bits per heavy atom. The smallest absolute Gasteiger partial charge is 0.422 e. The zero-order chi connectivity index (χ0) is 22.7. The van der Waals surface area contributed by atoms with Crippen LogP contribution in [-0.4, -0.2) is 74.1 Å². The van der Waals surface area contributed by atoms with Crippen LogP contribution in [0.25, 0.3) is 0 Å². The Bertz CT molecular complexity index is 686. The molecule has 0 aliphatic carbocycles. The maximum Gasteiger partial charge on any atom is 0.422 e. The maximum absolute atomic E-state index is 12.3. The predicted molar refractivity (Wildman–Crippen MR) is 130 cm³/mol. The summed E-state index contributed by atoms with van der Waals surface area (Å²) in [4.78, 5) is 10.9. The number of pyridine rings is 1. The Hall–Kier alpha value is -1.34. The summed E-state index contributed by atoms with van der Waals surface area (Å²) in [5, 5.41) is 6.64. The summed E-state index contributed by atoms with van der Waals surface area (Å²) in [6.45, 7) is 10.2. The maximum atomic E-state index is 12.3. The van der Waals surface area contributed by atoms with E-state index in [9.17, 15) is 13.2 Å². The molecule has 1 fully saturated rings. The summed E-state index contributed by atoms with van der Waals surface area (Å²) in [5.74, 6) is 1.17. The number of rotatable bonds is 10. The summed E-state index contributed by atoms with van der Waals surface area (Å²) < 4.78 is 47.2. The Labute approximate surface area is 205 Å². The van der Waals surface area contributed by atoms with Gasteiger partial charge in [0.1, 0.15) is 0 Å². The number of halogens is 4. The van der Waals surface area contributed by atoms with Crippen LogP contribution < -0.4 is 15.4 Å². The SMILES string of the molecule is CCNC(=NCc1ccnc(OCC(F)(F)F)c1)NCC(CC(C)C)N1CCOCC1.I. The molecule has 2 rings (SSSR count). The molecule has 1 aliphatic rings. The van der Waals surface area contributed by atoms with Crippen molar-refractivity contribution >= 4 is 29.9 Å². The van der Waals surface area contributed by atoms with Crippen molar-refractivity contribution in [2.24, 2.45) is 10.9 Å². The third-order valence-corrected chi connectivity index (χ3v) is 4.76. The summed E-state index contributed by atoms with van der Waals surface area (Å²) in [6.07, 6.45) is -1.91. The van der Waals surface area contributed by atoms with Crippen molar-refractivity contribution < 1.29 is 22.6 Å². The zero-order valence-corrected chi connectivity index (χ0v) is 21.3. The molecule has 1 saturated heterocycles. The van der Waals surface area contributed by atoms with Crippen LogP contribution in [0.5, 0.6) is 5.88 Å². The van der Waals surface area contributed by atoms with E-state index in [1.54, 1.807) is 6.07 Å². The molecule has 2 N–H and O–H groups in total. The summed E-state index contributed by atoms with van der Waals surface area (Å²) in [5.41, 5.74) is 0.719. The second-order valence-corrected chi connectivity index (χ2v) is 7.91.